The Balaban J connectivity index is 0.00000312. The van der Waals surface area contributed by atoms with Crippen molar-refractivity contribution in [2.24, 2.45) is 5.41 Å². The monoisotopic (exact) mass is 334 g/mol. The first-order valence-corrected chi connectivity index (χ1v) is 9.01. The molecule has 0 radical (unpaired) electrons. The minimum absolute atomic E-state index is 0. The van der Waals surface area contributed by atoms with E-state index in [1.165, 1.54) is 31.3 Å². The van der Waals surface area contributed by atoms with Crippen LogP contribution in [0.2, 0.25) is 0 Å². The second kappa shape index (κ2) is 8.02. The Morgan fingerprint density at radius 2 is 1.92 bits per heavy atom. The Kier molecular flexibility index (Phi) is 6.27. The van der Waals surface area contributed by atoms with Gasteiger partial charge in [-0.25, -0.2) is 0 Å². The molecule has 1 N–H and O–H groups in total. The van der Waals surface area contributed by atoms with Crippen molar-refractivity contribution in [2.75, 3.05) is 26.7 Å². The summed E-state index contributed by atoms with van der Waals surface area (Å²) in [7, 11) is 1.63. The van der Waals surface area contributed by atoms with Gasteiger partial charge in [-0.1, -0.05) is 45.8 Å². The van der Waals surface area contributed by atoms with Crippen molar-refractivity contribution in [1.82, 2.24) is 10.2 Å². The van der Waals surface area contributed by atoms with Crippen molar-refractivity contribution in [3.05, 3.63) is 35.3 Å². The van der Waals surface area contributed by atoms with Gasteiger partial charge in [-0.2, -0.15) is 0 Å². The number of hydrogen-bond acceptors (Lipinski definition) is 3. The number of rotatable bonds is 5. The molecule has 1 fully saturated rings. The topological polar surface area (TPSA) is 41.6 Å². The summed E-state index contributed by atoms with van der Waals surface area (Å²) in [5, 5.41) is 3.10. The van der Waals surface area contributed by atoms with E-state index < -0.39 is 0 Å². The molecule has 2 aliphatic rings. The number of likely N-dealkylation sites (tertiary alicyclic amines) is 1. The first kappa shape index (κ1) is 18.8. The maximum atomic E-state index is 12.5. The summed E-state index contributed by atoms with van der Waals surface area (Å²) in [4.78, 5) is 14.8. The molecule has 1 aliphatic carbocycles. The van der Waals surface area contributed by atoms with Crippen LogP contribution in [0, 0.1) is 5.41 Å². The molecule has 2 rings (SSSR count). The fraction of sp³-hybridized carbons (Fsp3) is 0.650. The van der Waals surface area contributed by atoms with Gasteiger partial charge in [-0.05, 0) is 43.8 Å². The lowest BCUT2D eigenvalue weighted by Gasteiger charge is -2.20. The lowest BCUT2D eigenvalue weighted by atomic mass is 9.85. The van der Waals surface area contributed by atoms with Gasteiger partial charge in [0.2, 0.25) is 5.91 Å². The third-order valence-corrected chi connectivity index (χ3v) is 4.90. The lowest BCUT2D eigenvalue weighted by molar-refractivity contribution is -0.121. The molecule has 4 heteroatoms. The minimum Gasteiger partial charge on any atom is -0.497 e. The summed E-state index contributed by atoms with van der Waals surface area (Å²) in [6.07, 6.45) is 7.82. The lowest BCUT2D eigenvalue weighted by Crippen LogP contribution is -2.37. The SMILES string of the molecule is C=C(OC)C1=C(NC(=O)CN2CCCCCC2)C=C(C(C)(C)C)C1.[HH]. The third-order valence-electron chi connectivity index (χ3n) is 4.90. The summed E-state index contributed by atoms with van der Waals surface area (Å²) in [5.41, 5.74) is 3.20. The molecular formula is C20H34N2O2. The molecule has 136 valence electrons. The molecule has 1 heterocycles. The van der Waals surface area contributed by atoms with Crippen LogP contribution in [0.5, 0.6) is 0 Å². The van der Waals surface area contributed by atoms with Crippen LogP contribution in [0.15, 0.2) is 35.3 Å². The Morgan fingerprint density at radius 3 is 2.46 bits per heavy atom. The molecule has 4 nitrogen and oxygen atoms in total. The van der Waals surface area contributed by atoms with Crippen LogP contribution in [0.25, 0.3) is 0 Å². The molecule has 1 aliphatic heterocycles. The molecule has 0 saturated carbocycles. The van der Waals surface area contributed by atoms with Crippen molar-refractivity contribution in [3.63, 3.8) is 0 Å². The predicted molar refractivity (Wildman–Crippen MR) is 100 cm³/mol. The van der Waals surface area contributed by atoms with Crippen molar-refractivity contribution < 1.29 is 11.0 Å². The van der Waals surface area contributed by atoms with Crippen LogP contribution in [0.4, 0.5) is 0 Å². The van der Waals surface area contributed by atoms with E-state index in [4.69, 9.17) is 4.74 Å². The Hall–Kier alpha value is -1.55. The Morgan fingerprint density at radius 1 is 1.29 bits per heavy atom. The van der Waals surface area contributed by atoms with Crippen LogP contribution in [0.1, 0.15) is 54.3 Å². The van der Waals surface area contributed by atoms with E-state index in [0.717, 1.165) is 30.8 Å². The van der Waals surface area contributed by atoms with Crippen LogP contribution in [-0.4, -0.2) is 37.6 Å². The van der Waals surface area contributed by atoms with Crippen LogP contribution in [0.3, 0.4) is 0 Å². The van der Waals surface area contributed by atoms with Crippen LogP contribution in [-0.2, 0) is 9.53 Å². The number of carbonyl (C=O) groups is 1. The number of ether oxygens (including phenoxy) is 1. The van der Waals surface area contributed by atoms with Gasteiger partial charge >= 0.3 is 0 Å². The quantitative estimate of drug-likeness (QED) is 0.772. The zero-order chi connectivity index (χ0) is 17.7. The summed E-state index contributed by atoms with van der Waals surface area (Å²) in [6.45, 7) is 13.1. The highest BCUT2D eigenvalue weighted by atomic mass is 16.5. The number of allylic oxidation sites excluding steroid dienone is 3. The average Bonchev–Trinajstić information content (AvgIpc) is 2.76. The number of amides is 1. The summed E-state index contributed by atoms with van der Waals surface area (Å²) < 4.78 is 5.33. The fourth-order valence-electron chi connectivity index (χ4n) is 3.25. The zero-order valence-corrected chi connectivity index (χ0v) is 15.7. The van der Waals surface area contributed by atoms with Crippen molar-refractivity contribution in [2.45, 2.75) is 52.9 Å². The highest BCUT2D eigenvalue weighted by Gasteiger charge is 2.27. The maximum absolute atomic E-state index is 12.5. The minimum atomic E-state index is 0. The second-order valence-electron chi connectivity index (χ2n) is 7.85. The zero-order valence-electron chi connectivity index (χ0n) is 15.7. The van der Waals surface area contributed by atoms with Gasteiger partial charge in [0.15, 0.2) is 0 Å². The number of methoxy groups -OCH3 is 1. The van der Waals surface area contributed by atoms with E-state index in [9.17, 15) is 4.79 Å². The predicted octanol–water partition coefficient (Wildman–Crippen LogP) is 4.02. The molecule has 0 aromatic rings. The van der Waals surface area contributed by atoms with Gasteiger partial charge in [-0.3, -0.25) is 9.69 Å². The molecule has 0 bridgehead atoms. The standard InChI is InChI=1S/C20H32N2O2.H2/c1-15(24-5)17-12-16(20(2,3)4)13-18(17)21-19(23)14-22-10-8-6-7-9-11-22;/h13H,1,6-12,14H2,2-5H3,(H,21,23);1H. The summed E-state index contributed by atoms with van der Waals surface area (Å²) in [5.74, 6) is 0.690. The van der Waals surface area contributed by atoms with E-state index in [-0.39, 0.29) is 12.7 Å². The van der Waals surface area contributed by atoms with Crippen LogP contribution >= 0.6 is 0 Å². The third kappa shape index (κ3) is 4.97. The van der Waals surface area contributed by atoms with Gasteiger partial charge in [0.1, 0.15) is 5.76 Å². The number of nitrogens with one attached hydrogen (secondary N) is 1. The van der Waals surface area contributed by atoms with E-state index >= 15 is 0 Å². The van der Waals surface area contributed by atoms with Gasteiger partial charge < -0.3 is 10.1 Å². The number of hydrogen-bond donors (Lipinski definition) is 1. The van der Waals surface area contributed by atoms with E-state index in [2.05, 4.69) is 43.6 Å². The molecule has 0 aromatic carbocycles. The van der Waals surface area contributed by atoms with Gasteiger partial charge in [0.25, 0.3) is 0 Å². The number of carbonyl (C=O) groups excluding carboxylic acids is 1. The highest BCUT2D eigenvalue weighted by molar-refractivity contribution is 5.81. The first-order valence-electron chi connectivity index (χ1n) is 9.01. The van der Waals surface area contributed by atoms with Crippen molar-refractivity contribution in [3.8, 4) is 0 Å². The average molecular weight is 335 g/mol. The molecule has 0 unspecified atom stereocenters. The van der Waals surface area contributed by atoms with E-state index in [1.807, 2.05) is 0 Å². The van der Waals surface area contributed by atoms with E-state index in [0.29, 0.717) is 12.3 Å². The van der Waals surface area contributed by atoms with Gasteiger partial charge in [0, 0.05) is 12.7 Å². The normalized spacial score (nSPS) is 19.8. The first-order chi connectivity index (χ1) is 11.3. The molecule has 1 amide bonds. The van der Waals surface area contributed by atoms with Crippen LogP contribution < -0.4 is 5.32 Å². The molecule has 0 atom stereocenters. The van der Waals surface area contributed by atoms with Crippen molar-refractivity contribution in [1.29, 1.82) is 0 Å². The summed E-state index contributed by atoms with van der Waals surface area (Å²) in [6, 6.07) is 0. The Bertz CT molecular complexity index is 551. The molecular weight excluding hydrogens is 300 g/mol. The summed E-state index contributed by atoms with van der Waals surface area (Å²) >= 11 is 0. The fourth-order valence-corrected chi connectivity index (χ4v) is 3.25. The van der Waals surface area contributed by atoms with Crippen molar-refractivity contribution >= 4 is 5.91 Å². The largest absolute Gasteiger partial charge is 0.497 e. The van der Waals surface area contributed by atoms with Gasteiger partial charge in [0.05, 0.1) is 13.7 Å². The second-order valence-corrected chi connectivity index (χ2v) is 7.85. The molecule has 0 aromatic heterocycles. The molecule has 24 heavy (non-hydrogen) atoms. The highest BCUT2D eigenvalue weighted by Crippen LogP contribution is 2.38. The van der Waals surface area contributed by atoms with E-state index in [1.54, 1.807) is 7.11 Å². The van der Waals surface area contributed by atoms with Gasteiger partial charge in [-0.15, -0.1) is 0 Å². The smallest absolute Gasteiger partial charge is 0.238 e. The Labute approximate surface area is 148 Å². The molecule has 0 spiro atoms. The maximum Gasteiger partial charge on any atom is 0.238 e. The number of nitrogens with zero attached hydrogens (tertiary/aromatic N) is 1. The molecule has 1 saturated heterocycles.